The van der Waals surface area contributed by atoms with Gasteiger partial charge in [0, 0.05) is 5.69 Å². The highest BCUT2D eigenvalue weighted by Crippen LogP contribution is 2.32. The minimum absolute atomic E-state index is 0.0588. The van der Waals surface area contributed by atoms with Crippen molar-refractivity contribution in [3.05, 3.63) is 53.1 Å². The molecule has 8 heteroatoms. The average Bonchev–Trinajstić information content (AvgIpc) is 3.12. The summed E-state index contributed by atoms with van der Waals surface area (Å²) in [5.74, 6) is 0.982. The van der Waals surface area contributed by atoms with Crippen LogP contribution in [0.25, 0.3) is 0 Å². The van der Waals surface area contributed by atoms with Crippen LogP contribution < -0.4 is 15.4 Å². The van der Waals surface area contributed by atoms with Crippen molar-refractivity contribution >= 4 is 45.5 Å². The van der Waals surface area contributed by atoms with Crippen molar-refractivity contribution in [2.75, 3.05) is 23.0 Å². The molecule has 6 nitrogen and oxygen atoms in total. The van der Waals surface area contributed by atoms with E-state index in [4.69, 9.17) is 4.74 Å². The van der Waals surface area contributed by atoms with Crippen LogP contribution in [-0.2, 0) is 4.79 Å². The second-order valence-electron chi connectivity index (χ2n) is 6.54. The maximum Gasteiger partial charge on any atom is 0.234 e. The summed E-state index contributed by atoms with van der Waals surface area (Å²) in [4.78, 5) is 12.4. The lowest BCUT2D eigenvalue weighted by Gasteiger charge is -2.12. The summed E-state index contributed by atoms with van der Waals surface area (Å²) in [5.41, 5.74) is 5.04. The Morgan fingerprint density at radius 3 is 2.59 bits per heavy atom. The van der Waals surface area contributed by atoms with E-state index in [1.807, 2.05) is 45.0 Å². The number of thioether (sulfide) groups is 1. The summed E-state index contributed by atoms with van der Waals surface area (Å²) in [5, 5.41) is 15.2. The van der Waals surface area contributed by atoms with Gasteiger partial charge in [-0.15, -0.1) is 10.2 Å². The number of carbonyl (C=O) groups excluding carboxylic acids is 1. The topological polar surface area (TPSA) is 76.1 Å². The Kier molecular flexibility index (Phi) is 7.11. The number of benzene rings is 2. The zero-order chi connectivity index (χ0) is 20.8. The summed E-state index contributed by atoms with van der Waals surface area (Å²) in [6.45, 7) is 8.60. The second kappa shape index (κ2) is 9.76. The number of nitrogens with one attached hydrogen (secondary N) is 2. The zero-order valence-corrected chi connectivity index (χ0v) is 18.5. The smallest absolute Gasteiger partial charge is 0.234 e. The number of amides is 1. The molecule has 1 aromatic heterocycles. The Morgan fingerprint density at radius 2 is 1.86 bits per heavy atom. The Labute approximate surface area is 179 Å². The molecular weight excluding hydrogens is 404 g/mol. The zero-order valence-electron chi connectivity index (χ0n) is 16.9. The predicted octanol–water partition coefficient (Wildman–Crippen LogP) is 5.34. The lowest BCUT2D eigenvalue weighted by Crippen LogP contribution is -2.15. The van der Waals surface area contributed by atoms with E-state index in [-0.39, 0.29) is 11.7 Å². The number of para-hydroxylation sites is 2. The number of rotatable bonds is 8. The van der Waals surface area contributed by atoms with E-state index in [1.54, 1.807) is 0 Å². The third-order valence-electron chi connectivity index (χ3n) is 4.10. The van der Waals surface area contributed by atoms with Gasteiger partial charge in [-0.2, -0.15) is 0 Å². The highest BCUT2D eigenvalue weighted by molar-refractivity contribution is 8.01. The molecule has 0 aliphatic rings. The molecular formula is C21H24N4O2S2. The molecule has 0 radical (unpaired) electrons. The summed E-state index contributed by atoms with van der Waals surface area (Å²) < 4.78 is 6.34. The van der Waals surface area contributed by atoms with Crippen molar-refractivity contribution in [3.8, 4) is 5.75 Å². The molecule has 1 heterocycles. The molecule has 0 unspecified atom stereocenters. The van der Waals surface area contributed by atoms with Gasteiger partial charge in [0.1, 0.15) is 5.75 Å². The van der Waals surface area contributed by atoms with Gasteiger partial charge in [-0.05, 0) is 51.0 Å². The van der Waals surface area contributed by atoms with Gasteiger partial charge in [-0.25, -0.2) is 0 Å². The third-order valence-corrected chi connectivity index (χ3v) is 6.08. The van der Waals surface area contributed by atoms with Crippen LogP contribution in [0.15, 0.2) is 40.7 Å². The number of hydrogen-bond donors (Lipinski definition) is 2. The van der Waals surface area contributed by atoms with Gasteiger partial charge in [0.25, 0.3) is 0 Å². The molecule has 0 aliphatic carbocycles. The molecule has 0 spiro atoms. The van der Waals surface area contributed by atoms with Crippen LogP contribution in [0.2, 0.25) is 0 Å². The summed E-state index contributed by atoms with van der Waals surface area (Å²) in [6, 6.07) is 11.8. The Balaban J connectivity index is 1.58. The Bertz CT molecular complexity index is 981. The van der Waals surface area contributed by atoms with E-state index in [0.29, 0.717) is 11.7 Å². The van der Waals surface area contributed by atoms with Gasteiger partial charge >= 0.3 is 0 Å². The van der Waals surface area contributed by atoms with Crippen LogP contribution in [0.4, 0.5) is 16.5 Å². The lowest BCUT2D eigenvalue weighted by atomic mass is 10.1. The minimum atomic E-state index is -0.0588. The van der Waals surface area contributed by atoms with E-state index in [2.05, 4.69) is 39.9 Å². The highest BCUT2D eigenvalue weighted by Gasteiger charge is 2.12. The van der Waals surface area contributed by atoms with Gasteiger partial charge in [-0.3, -0.25) is 4.79 Å². The number of anilines is 3. The summed E-state index contributed by atoms with van der Waals surface area (Å²) in [7, 11) is 0. The van der Waals surface area contributed by atoms with Crippen LogP contribution in [0.1, 0.15) is 23.6 Å². The van der Waals surface area contributed by atoms with Gasteiger partial charge in [0.15, 0.2) is 4.34 Å². The van der Waals surface area contributed by atoms with Gasteiger partial charge in [0.05, 0.1) is 18.0 Å². The van der Waals surface area contributed by atoms with E-state index < -0.39 is 0 Å². The molecule has 0 saturated carbocycles. The number of nitrogens with zero attached hydrogens (tertiary/aromatic N) is 2. The van der Waals surface area contributed by atoms with Crippen LogP contribution in [0.3, 0.4) is 0 Å². The molecule has 0 fully saturated rings. The molecule has 152 valence electrons. The quantitative estimate of drug-likeness (QED) is 0.472. The second-order valence-corrected chi connectivity index (χ2v) is 8.74. The number of aryl methyl sites for hydroxylation is 3. The first-order valence-electron chi connectivity index (χ1n) is 9.29. The van der Waals surface area contributed by atoms with Crippen LogP contribution in [0, 0.1) is 20.8 Å². The normalized spacial score (nSPS) is 10.6. The number of ether oxygens (including phenoxy) is 1. The standard InChI is InChI=1S/C21H24N4O2S2/c1-5-27-17-9-7-6-8-16(17)22-20-24-25-21(29-20)28-12-18(26)23-19-14(3)10-13(2)11-15(19)4/h6-11H,5,12H2,1-4H3,(H,22,24)(H,23,26). The monoisotopic (exact) mass is 428 g/mol. The van der Waals surface area contributed by atoms with Crippen molar-refractivity contribution in [1.29, 1.82) is 0 Å². The third kappa shape index (κ3) is 5.71. The van der Waals surface area contributed by atoms with Crippen molar-refractivity contribution in [2.45, 2.75) is 32.0 Å². The fourth-order valence-electron chi connectivity index (χ4n) is 2.97. The fourth-order valence-corrected chi connectivity index (χ4v) is 4.53. The van der Waals surface area contributed by atoms with Gasteiger partial charge in [-0.1, -0.05) is 52.9 Å². The maximum atomic E-state index is 12.4. The van der Waals surface area contributed by atoms with Crippen molar-refractivity contribution in [1.82, 2.24) is 10.2 Å². The van der Waals surface area contributed by atoms with Crippen LogP contribution in [-0.4, -0.2) is 28.5 Å². The van der Waals surface area contributed by atoms with Crippen molar-refractivity contribution in [2.24, 2.45) is 0 Å². The van der Waals surface area contributed by atoms with E-state index in [1.165, 1.54) is 28.7 Å². The first kappa shape index (κ1) is 21.1. The number of aromatic nitrogens is 2. The Hall–Kier alpha value is -2.58. The molecule has 0 aliphatic heterocycles. The van der Waals surface area contributed by atoms with Crippen molar-refractivity contribution in [3.63, 3.8) is 0 Å². The number of hydrogen-bond acceptors (Lipinski definition) is 7. The van der Waals surface area contributed by atoms with Crippen molar-refractivity contribution < 1.29 is 9.53 Å². The van der Waals surface area contributed by atoms with E-state index in [0.717, 1.165) is 32.6 Å². The maximum absolute atomic E-state index is 12.4. The van der Waals surface area contributed by atoms with Crippen LogP contribution in [0.5, 0.6) is 5.75 Å². The highest BCUT2D eigenvalue weighted by atomic mass is 32.2. The molecule has 29 heavy (non-hydrogen) atoms. The average molecular weight is 429 g/mol. The molecule has 0 atom stereocenters. The van der Waals surface area contributed by atoms with Crippen LogP contribution >= 0.6 is 23.1 Å². The largest absolute Gasteiger partial charge is 0.492 e. The Morgan fingerprint density at radius 1 is 1.14 bits per heavy atom. The number of carbonyl (C=O) groups is 1. The summed E-state index contributed by atoms with van der Waals surface area (Å²) in [6.07, 6.45) is 0. The minimum Gasteiger partial charge on any atom is -0.492 e. The van der Waals surface area contributed by atoms with Gasteiger partial charge < -0.3 is 15.4 Å². The molecule has 2 N–H and O–H groups in total. The van der Waals surface area contributed by atoms with E-state index in [9.17, 15) is 4.79 Å². The first-order chi connectivity index (χ1) is 14.0. The first-order valence-corrected chi connectivity index (χ1v) is 11.1. The molecule has 1 amide bonds. The van der Waals surface area contributed by atoms with E-state index >= 15 is 0 Å². The molecule has 2 aromatic carbocycles. The molecule has 3 aromatic rings. The predicted molar refractivity (Wildman–Crippen MR) is 121 cm³/mol. The molecule has 3 rings (SSSR count). The summed E-state index contributed by atoms with van der Waals surface area (Å²) >= 11 is 2.78. The van der Waals surface area contributed by atoms with Gasteiger partial charge in [0.2, 0.25) is 11.0 Å². The lowest BCUT2D eigenvalue weighted by molar-refractivity contribution is -0.113. The fraction of sp³-hybridized carbons (Fsp3) is 0.286. The SMILES string of the molecule is CCOc1ccccc1Nc1nnc(SCC(=O)Nc2c(C)cc(C)cc2C)s1. The molecule has 0 bridgehead atoms. The molecule has 0 saturated heterocycles.